The summed E-state index contributed by atoms with van der Waals surface area (Å²) in [4.78, 5) is 0. The van der Waals surface area contributed by atoms with Crippen LogP contribution in [0.4, 0.5) is 0 Å². The quantitative estimate of drug-likeness (QED) is 0.810. The molecular weight excluding hydrogens is 230 g/mol. The van der Waals surface area contributed by atoms with Gasteiger partial charge in [0.05, 0.1) is 19.3 Å². The molecular formula is C14H23NO3. The van der Waals surface area contributed by atoms with Crippen LogP contribution in [0.2, 0.25) is 0 Å². The fourth-order valence-corrected chi connectivity index (χ4v) is 2.07. The van der Waals surface area contributed by atoms with Crippen molar-refractivity contribution in [3.8, 4) is 0 Å². The maximum atomic E-state index is 5.65. The minimum absolute atomic E-state index is 0.273. The van der Waals surface area contributed by atoms with Crippen molar-refractivity contribution >= 4 is 0 Å². The highest BCUT2D eigenvalue weighted by Crippen LogP contribution is 2.14. The molecule has 0 amide bonds. The van der Waals surface area contributed by atoms with Crippen LogP contribution in [0.15, 0.2) is 16.5 Å². The van der Waals surface area contributed by atoms with E-state index in [1.165, 1.54) is 12.8 Å². The van der Waals surface area contributed by atoms with E-state index in [0.29, 0.717) is 13.2 Å². The Bertz CT molecular complexity index is 332. The highest BCUT2D eigenvalue weighted by Gasteiger charge is 2.14. The molecule has 18 heavy (non-hydrogen) atoms. The molecule has 1 fully saturated rings. The normalized spacial score (nSPS) is 20.2. The van der Waals surface area contributed by atoms with Crippen LogP contribution in [0.25, 0.3) is 0 Å². The van der Waals surface area contributed by atoms with Crippen molar-refractivity contribution in [3.63, 3.8) is 0 Å². The van der Waals surface area contributed by atoms with Crippen LogP contribution in [0.3, 0.4) is 0 Å². The van der Waals surface area contributed by atoms with E-state index in [4.69, 9.17) is 13.9 Å². The number of furan rings is 1. The highest BCUT2D eigenvalue weighted by molar-refractivity contribution is 5.06. The van der Waals surface area contributed by atoms with Crippen LogP contribution >= 0.6 is 0 Å². The van der Waals surface area contributed by atoms with E-state index in [0.717, 1.165) is 37.6 Å². The molecule has 0 saturated carbocycles. The molecule has 0 aromatic carbocycles. The first-order valence-electron chi connectivity index (χ1n) is 6.86. The van der Waals surface area contributed by atoms with Crippen LogP contribution in [-0.4, -0.2) is 25.9 Å². The van der Waals surface area contributed by atoms with Gasteiger partial charge >= 0.3 is 0 Å². The van der Waals surface area contributed by atoms with Crippen molar-refractivity contribution < 1.29 is 13.9 Å². The molecule has 4 nitrogen and oxygen atoms in total. The van der Waals surface area contributed by atoms with E-state index in [9.17, 15) is 0 Å². The second-order valence-corrected chi connectivity index (χ2v) is 4.65. The molecule has 1 aliphatic heterocycles. The Morgan fingerprint density at radius 3 is 3.00 bits per heavy atom. The molecule has 1 saturated heterocycles. The summed E-state index contributed by atoms with van der Waals surface area (Å²) in [5.41, 5.74) is 0. The van der Waals surface area contributed by atoms with E-state index < -0.39 is 0 Å². The van der Waals surface area contributed by atoms with Crippen molar-refractivity contribution in [3.05, 3.63) is 23.7 Å². The van der Waals surface area contributed by atoms with E-state index in [1.807, 2.05) is 12.1 Å². The average Bonchev–Trinajstić information content (AvgIpc) is 2.85. The second kappa shape index (κ2) is 7.56. The number of hydrogen-bond donors (Lipinski definition) is 1. The first-order valence-corrected chi connectivity index (χ1v) is 6.86. The Kier molecular flexibility index (Phi) is 5.71. The third-order valence-electron chi connectivity index (χ3n) is 3.09. The monoisotopic (exact) mass is 253 g/mol. The van der Waals surface area contributed by atoms with Gasteiger partial charge in [-0.3, -0.25) is 0 Å². The van der Waals surface area contributed by atoms with E-state index in [2.05, 4.69) is 12.2 Å². The number of nitrogens with one attached hydrogen (secondary N) is 1. The van der Waals surface area contributed by atoms with Gasteiger partial charge in [-0.1, -0.05) is 6.92 Å². The Balaban J connectivity index is 1.64. The molecule has 2 rings (SSSR count). The lowest BCUT2D eigenvalue weighted by atomic mass is 10.1. The van der Waals surface area contributed by atoms with E-state index >= 15 is 0 Å². The molecule has 1 unspecified atom stereocenters. The van der Waals surface area contributed by atoms with Crippen molar-refractivity contribution in [1.82, 2.24) is 5.32 Å². The maximum Gasteiger partial charge on any atom is 0.129 e. The zero-order valence-electron chi connectivity index (χ0n) is 11.1. The fraction of sp³-hybridized carbons (Fsp3) is 0.714. The van der Waals surface area contributed by atoms with Crippen molar-refractivity contribution in [2.75, 3.05) is 19.8 Å². The van der Waals surface area contributed by atoms with Gasteiger partial charge in [0.25, 0.3) is 0 Å². The first-order chi connectivity index (χ1) is 8.88. The molecule has 1 aliphatic rings. The topological polar surface area (TPSA) is 43.6 Å². The van der Waals surface area contributed by atoms with Gasteiger partial charge in [0.1, 0.15) is 18.1 Å². The number of hydrogen-bond acceptors (Lipinski definition) is 4. The Hall–Kier alpha value is -0.840. The summed E-state index contributed by atoms with van der Waals surface area (Å²) >= 11 is 0. The molecule has 0 spiro atoms. The molecule has 0 bridgehead atoms. The summed E-state index contributed by atoms with van der Waals surface area (Å²) in [5, 5.41) is 3.23. The molecule has 4 heteroatoms. The summed E-state index contributed by atoms with van der Waals surface area (Å²) in [6.07, 6.45) is 3.82. The first kappa shape index (κ1) is 13.6. The van der Waals surface area contributed by atoms with Gasteiger partial charge in [-0.05, 0) is 37.9 Å². The largest absolute Gasteiger partial charge is 0.462 e. The lowest BCUT2D eigenvalue weighted by molar-refractivity contribution is -0.0473. The summed E-state index contributed by atoms with van der Waals surface area (Å²) in [6.45, 7) is 5.89. The standard InChI is InChI=1S/C14H23NO3/c1-2-15-9-12-6-7-14(18-12)11-16-10-13-5-3-4-8-17-13/h6-7,13,15H,2-5,8-11H2,1H3. The zero-order valence-corrected chi connectivity index (χ0v) is 11.1. The van der Waals surface area contributed by atoms with Gasteiger partial charge in [0, 0.05) is 6.61 Å². The third kappa shape index (κ3) is 4.44. The van der Waals surface area contributed by atoms with Crippen LogP contribution in [-0.2, 0) is 22.6 Å². The molecule has 0 radical (unpaired) electrons. The summed E-state index contributed by atoms with van der Waals surface area (Å²) in [5.74, 6) is 1.85. The van der Waals surface area contributed by atoms with Crippen LogP contribution in [0, 0.1) is 0 Å². The third-order valence-corrected chi connectivity index (χ3v) is 3.09. The minimum atomic E-state index is 0.273. The predicted molar refractivity (Wildman–Crippen MR) is 69.3 cm³/mol. The minimum Gasteiger partial charge on any atom is -0.462 e. The van der Waals surface area contributed by atoms with Crippen molar-refractivity contribution in [1.29, 1.82) is 0 Å². The Morgan fingerprint density at radius 2 is 2.22 bits per heavy atom. The van der Waals surface area contributed by atoms with Gasteiger partial charge < -0.3 is 19.2 Å². The van der Waals surface area contributed by atoms with E-state index in [-0.39, 0.29) is 6.10 Å². The smallest absolute Gasteiger partial charge is 0.129 e. The van der Waals surface area contributed by atoms with Gasteiger partial charge in [0.15, 0.2) is 0 Å². The summed E-state index contributed by atoms with van der Waals surface area (Å²) in [6, 6.07) is 3.98. The van der Waals surface area contributed by atoms with Gasteiger partial charge in [-0.2, -0.15) is 0 Å². The van der Waals surface area contributed by atoms with Gasteiger partial charge in [0.2, 0.25) is 0 Å². The van der Waals surface area contributed by atoms with Crippen molar-refractivity contribution in [2.24, 2.45) is 0 Å². The highest BCUT2D eigenvalue weighted by atomic mass is 16.5. The lowest BCUT2D eigenvalue weighted by Gasteiger charge is -2.22. The molecule has 2 heterocycles. The average molecular weight is 253 g/mol. The van der Waals surface area contributed by atoms with Crippen molar-refractivity contribution in [2.45, 2.75) is 45.4 Å². The molecule has 1 aromatic rings. The Labute approximate surface area is 109 Å². The number of ether oxygens (including phenoxy) is 2. The van der Waals surface area contributed by atoms with Gasteiger partial charge in [-0.25, -0.2) is 0 Å². The molecule has 1 atom stereocenters. The predicted octanol–water partition coefficient (Wildman–Crippen LogP) is 2.47. The summed E-state index contributed by atoms with van der Waals surface area (Å²) in [7, 11) is 0. The van der Waals surface area contributed by atoms with E-state index in [1.54, 1.807) is 0 Å². The van der Waals surface area contributed by atoms with Crippen LogP contribution in [0.1, 0.15) is 37.7 Å². The molecule has 1 aromatic heterocycles. The summed E-state index contributed by atoms with van der Waals surface area (Å²) < 4.78 is 16.9. The number of rotatable bonds is 7. The molecule has 1 N–H and O–H groups in total. The molecule has 0 aliphatic carbocycles. The molecule has 102 valence electrons. The SMILES string of the molecule is CCNCc1ccc(COCC2CCCCO2)o1. The van der Waals surface area contributed by atoms with Gasteiger partial charge in [-0.15, -0.1) is 0 Å². The zero-order chi connectivity index (χ0) is 12.6. The Morgan fingerprint density at radius 1 is 1.33 bits per heavy atom. The second-order valence-electron chi connectivity index (χ2n) is 4.65. The maximum absolute atomic E-state index is 5.65. The fourth-order valence-electron chi connectivity index (χ4n) is 2.07. The lowest BCUT2D eigenvalue weighted by Crippen LogP contribution is -2.24. The van der Waals surface area contributed by atoms with Crippen LogP contribution < -0.4 is 5.32 Å². The van der Waals surface area contributed by atoms with Crippen LogP contribution in [0.5, 0.6) is 0 Å².